The number of imidazole rings is 1. The summed E-state index contributed by atoms with van der Waals surface area (Å²) in [5.41, 5.74) is 1.13. The van der Waals surface area contributed by atoms with E-state index in [2.05, 4.69) is 15.7 Å². The molecule has 1 heterocycles. The van der Waals surface area contributed by atoms with Gasteiger partial charge in [-0.05, 0) is 26.2 Å². The molecule has 0 unspecified atom stereocenters. The van der Waals surface area contributed by atoms with Gasteiger partial charge in [-0.3, -0.25) is 0 Å². The summed E-state index contributed by atoms with van der Waals surface area (Å²) >= 11 is 0. The van der Waals surface area contributed by atoms with Gasteiger partial charge in [0.1, 0.15) is 0 Å². The number of aromatic nitrogens is 2. The third-order valence-corrected chi connectivity index (χ3v) is 2.23. The van der Waals surface area contributed by atoms with Crippen LogP contribution in [-0.4, -0.2) is 9.55 Å². The number of hydrogen-bond donors (Lipinski definition) is 0. The summed E-state index contributed by atoms with van der Waals surface area (Å²) in [6.07, 6.45) is 8.15. The lowest BCUT2D eigenvalue weighted by Crippen LogP contribution is -2.14. The predicted octanol–water partition coefficient (Wildman–Crippen LogP) is 2.94. The fraction of sp³-hybridized carbons (Fsp3) is 0.700. The predicted molar refractivity (Wildman–Crippen MR) is 51.2 cm³/mol. The fourth-order valence-electron chi connectivity index (χ4n) is 1.32. The van der Waals surface area contributed by atoms with E-state index in [1.807, 2.05) is 27.1 Å². The van der Waals surface area contributed by atoms with Crippen LogP contribution in [0.15, 0.2) is 12.5 Å². The second-order valence-electron chi connectivity index (χ2n) is 3.05. The molecule has 0 radical (unpaired) electrons. The average Bonchev–Trinajstić information content (AvgIpc) is 2.37. The Labute approximate surface area is 74.6 Å². The normalized spacial score (nSPS) is 16.2. The van der Waals surface area contributed by atoms with E-state index in [1.54, 1.807) is 0 Å². The van der Waals surface area contributed by atoms with Crippen LogP contribution in [0.25, 0.3) is 0 Å². The Balaban J connectivity index is 0.000000336. The summed E-state index contributed by atoms with van der Waals surface area (Å²) in [5.74, 6) is 0. The summed E-state index contributed by atoms with van der Waals surface area (Å²) < 4.78 is 2.23. The van der Waals surface area contributed by atoms with E-state index in [1.165, 1.54) is 19.3 Å². The summed E-state index contributed by atoms with van der Waals surface area (Å²) in [6, 6.07) is 0.765. The van der Waals surface area contributed by atoms with Crippen molar-refractivity contribution in [3.63, 3.8) is 0 Å². The molecule has 0 N–H and O–H groups in total. The SMILES string of the molecule is CC.Cc1cn(C2CCC2)cn1. The van der Waals surface area contributed by atoms with Crippen molar-refractivity contribution in [1.29, 1.82) is 0 Å². The van der Waals surface area contributed by atoms with E-state index in [-0.39, 0.29) is 0 Å². The van der Waals surface area contributed by atoms with Crippen molar-refractivity contribution in [3.05, 3.63) is 18.2 Å². The molecule has 1 aliphatic rings. The molecular formula is C10H18N2. The molecule has 0 aromatic carbocycles. The molecule has 1 fully saturated rings. The second kappa shape index (κ2) is 4.29. The standard InChI is InChI=1S/C8H12N2.C2H6/c1-7-5-10(6-9-7)8-3-2-4-8;1-2/h5-6,8H,2-4H2,1H3;1-2H3. The highest BCUT2D eigenvalue weighted by molar-refractivity contribution is 4.95. The minimum atomic E-state index is 0.765. The second-order valence-corrected chi connectivity index (χ2v) is 3.05. The zero-order valence-electron chi connectivity index (χ0n) is 8.25. The quantitative estimate of drug-likeness (QED) is 0.627. The number of aryl methyl sites for hydroxylation is 1. The van der Waals surface area contributed by atoms with Crippen LogP contribution in [0.2, 0.25) is 0 Å². The first-order valence-corrected chi connectivity index (χ1v) is 4.86. The lowest BCUT2D eigenvalue weighted by Gasteiger charge is -2.26. The molecule has 0 bridgehead atoms. The maximum absolute atomic E-state index is 4.18. The van der Waals surface area contributed by atoms with E-state index < -0.39 is 0 Å². The Morgan fingerprint density at radius 1 is 1.42 bits per heavy atom. The average molecular weight is 166 g/mol. The molecule has 2 heteroatoms. The minimum absolute atomic E-state index is 0.765. The van der Waals surface area contributed by atoms with Crippen molar-refractivity contribution in [2.75, 3.05) is 0 Å². The van der Waals surface area contributed by atoms with E-state index >= 15 is 0 Å². The van der Waals surface area contributed by atoms with Gasteiger partial charge >= 0.3 is 0 Å². The molecule has 1 aromatic rings. The molecular weight excluding hydrogens is 148 g/mol. The van der Waals surface area contributed by atoms with Crippen LogP contribution in [0.5, 0.6) is 0 Å². The molecule has 0 saturated heterocycles. The van der Waals surface area contributed by atoms with E-state index in [4.69, 9.17) is 0 Å². The van der Waals surface area contributed by atoms with Gasteiger partial charge in [-0.25, -0.2) is 4.98 Å². The lowest BCUT2D eigenvalue weighted by atomic mass is 9.93. The van der Waals surface area contributed by atoms with E-state index in [9.17, 15) is 0 Å². The van der Waals surface area contributed by atoms with Crippen LogP contribution in [0, 0.1) is 6.92 Å². The molecule has 2 rings (SSSR count). The zero-order valence-corrected chi connectivity index (χ0v) is 8.25. The first kappa shape index (κ1) is 9.30. The van der Waals surface area contributed by atoms with E-state index in [0.717, 1.165) is 11.7 Å². The van der Waals surface area contributed by atoms with Gasteiger partial charge in [0.25, 0.3) is 0 Å². The Morgan fingerprint density at radius 3 is 2.42 bits per heavy atom. The molecule has 1 aliphatic carbocycles. The highest BCUT2D eigenvalue weighted by Gasteiger charge is 2.18. The fourth-order valence-corrected chi connectivity index (χ4v) is 1.32. The van der Waals surface area contributed by atoms with Gasteiger partial charge in [0.2, 0.25) is 0 Å². The Hall–Kier alpha value is -0.790. The van der Waals surface area contributed by atoms with Gasteiger partial charge < -0.3 is 4.57 Å². The lowest BCUT2D eigenvalue weighted by molar-refractivity contribution is 0.313. The van der Waals surface area contributed by atoms with Gasteiger partial charge in [-0.1, -0.05) is 13.8 Å². The van der Waals surface area contributed by atoms with Crippen molar-refractivity contribution < 1.29 is 0 Å². The third kappa shape index (κ3) is 1.87. The summed E-state index contributed by atoms with van der Waals surface area (Å²) in [4.78, 5) is 4.18. The molecule has 12 heavy (non-hydrogen) atoms. The summed E-state index contributed by atoms with van der Waals surface area (Å²) in [6.45, 7) is 6.04. The van der Waals surface area contributed by atoms with Crippen molar-refractivity contribution >= 4 is 0 Å². The van der Waals surface area contributed by atoms with Gasteiger partial charge in [0.05, 0.1) is 12.0 Å². The topological polar surface area (TPSA) is 17.8 Å². The van der Waals surface area contributed by atoms with Crippen molar-refractivity contribution in [2.45, 2.75) is 46.1 Å². The highest BCUT2D eigenvalue weighted by Crippen LogP contribution is 2.30. The van der Waals surface area contributed by atoms with Crippen LogP contribution in [-0.2, 0) is 0 Å². The number of nitrogens with zero attached hydrogens (tertiary/aromatic N) is 2. The van der Waals surface area contributed by atoms with Crippen molar-refractivity contribution in [3.8, 4) is 0 Å². The van der Waals surface area contributed by atoms with E-state index in [0.29, 0.717) is 0 Å². The molecule has 0 spiro atoms. The molecule has 1 saturated carbocycles. The van der Waals surface area contributed by atoms with Crippen LogP contribution in [0.1, 0.15) is 44.8 Å². The largest absolute Gasteiger partial charge is 0.334 e. The van der Waals surface area contributed by atoms with Gasteiger partial charge in [-0.2, -0.15) is 0 Å². The molecule has 1 aromatic heterocycles. The molecule has 2 nitrogen and oxygen atoms in total. The minimum Gasteiger partial charge on any atom is -0.334 e. The maximum atomic E-state index is 4.18. The summed E-state index contributed by atoms with van der Waals surface area (Å²) in [7, 11) is 0. The number of rotatable bonds is 1. The highest BCUT2D eigenvalue weighted by atomic mass is 15.1. The Bertz CT molecular complexity index is 223. The zero-order chi connectivity index (χ0) is 8.97. The van der Waals surface area contributed by atoms with Crippen LogP contribution < -0.4 is 0 Å². The molecule has 0 aliphatic heterocycles. The number of hydrogen-bond acceptors (Lipinski definition) is 1. The van der Waals surface area contributed by atoms with Gasteiger partial charge in [0.15, 0.2) is 0 Å². The van der Waals surface area contributed by atoms with Gasteiger partial charge in [-0.15, -0.1) is 0 Å². The molecule has 68 valence electrons. The molecule has 0 amide bonds. The maximum Gasteiger partial charge on any atom is 0.0951 e. The van der Waals surface area contributed by atoms with Crippen molar-refractivity contribution in [1.82, 2.24) is 9.55 Å². The Morgan fingerprint density at radius 2 is 2.08 bits per heavy atom. The molecule has 0 atom stereocenters. The summed E-state index contributed by atoms with van der Waals surface area (Å²) in [5, 5.41) is 0. The van der Waals surface area contributed by atoms with Crippen LogP contribution in [0.3, 0.4) is 0 Å². The first-order valence-electron chi connectivity index (χ1n) is 4.86. The van der Waals surface area contributed by atoms with Crippen molar-refractivity contribution in [2.24, 2.45) is 0 Å². The smallest absolute Gasteiger partial charge is 0.0951 e. The third-order valence-electron chi connectivity index (χ3n) is 2.23. The first-order chi connectivity index (χ1) is 5.86. The van der Waals surface area contributed by atoms with Crippen LogP contribution in [0.4, 0.5) is 0 Å². The van der Waals surface area contributed by atoms with Crippen LogP contribution >= 0.6 is 0 Å². The monoisotopic (exact) mass is 166 g/mol. The van der Waals surface area contributed by atoms with Gasteiger partial charge in [0, 0.05) is 12.2 Å². The Kier molecular flexibility index (Phi) is 3.32.